The van der Waals surface area contributed by atoms with Crippen LogP contribution in [0.5, 0.6) is 0 Å². The molecule has 10 atom stereocenters. The lowest BCUT2D eigenvalue weighted by molar-refractivity contribution is 0.0599. The number of alkyl halides is 1. The Balaban J connectivity index is 1.75. The second-order valence-electron chi connectivity index (χ2n) is 34.9. The summed E-state index contributed by atoms with van der Waals surface area (Å²) >= 11 is 2.43. The Kier molecular flexibility index (Phi) is 43.7. The maximum atomic E-state index is 16.1. The number of rotatable bonds is 55. The largest absolute Gasteiger partial charge is 0.335 e. The number of amides is 4. The van der Waals surface area contributed by atoms with Crippen LogP contribution in [0.3, 0.4) is 0 Å². The van der Waals surface area contributed by atoms with Crippen LogP contribution in [-0.4, -0.2) is 130 Å². The van der Waals surface area contributed by atoms with Gasteiger partial charge in [-0.15, -0.1) is 0 Å². The molecule has 4 amide bonds. The lowest BCUT2D eigenvalue weighted by atomic mass is 9.85. The van der Waals surface area contributed by atoms with Crippen molar-refractivity contribution < 1.29 is 19.2 Å². The lowest BCUT2D eigenvalue weighted by Crippen LogP contribution is -2.44. The first kappa shape index (κ1) is 98.5. The number of aromatic nitrogens is 2. The second-order valence-corrected chi connectivity index (χ2v) is 37.6. The van der Waals surface area contributed by atoms with Crippen LogP contribution in [0, 0.1) is 39.9 Å². The van der Waals surface area contributed by atoms with E-state index in [1.54, 1.807) is 0 Å². The number of para-hydroxylation sites is 2. The molecule has 0 radical (unpaired) electrons. The van der Waals surface area contributed by atoms with Crippen molar-refractivity contribution in [2.45, 2.75) is 390 Å². The zero-order chi connectivity index (χ0) is 84.2. The minimum Gasteiger partial charge on any atom is -0.335 e. The van der Waals surface area contributed by atoms with E-state index in [0.29, 0.717) is 106 Å². The third-order valence-electron chi connectivity index (χ3n) is 25.0. The van der Waals surface area contributed by atoms with E-state index in [9.17, 15) is 10.8 Å². The van der Waals surface area contributed by atoms with Gasteiger partial charge >= 0.3 is 0 Å². The Morgan fingerprint density at radius 1 is 0.404 bits per heavy atom. The molecule has 1 aromatic heterocycles. The SMILES string of the molecule is CCCCC(CC)CN(C(=O)c1cccc(C(=O)N(CC(CC)CCCC)C(CC)CCCC)c1NN=C1C(=N)C(c2cc(C3C=C(C(C)(C)I)C(=NNc4c(C(=O)N(CC(CC)CCCC)C(CC)CCCC)cccc4C(=O)N(CC(CC)CCCC)C(CC)CCCC)C3=N)ncn2)C=C1C(C)(C)C)C(CC)CCCC. The Bertz CT molecular complexity index is 3240. The molecule has 0 saturated carbocycles. The first-order valence-electron chi connectivity index (χ1n) is 46.0. The van der Waals surface area contributed by atoms with Crippen molar-refractivity contribution in [3.05, 3.63) is 106 Å². The molecule has 2 aromatic carbocycles. The first-order chi connectivity index (χ1) is 54.7. The monoisotopic (exact) mass is 1680 g/mol. The molecule has 17 heteroatoms. The highest BCUT2D eigenvalue weighted by Gasteiger charge is 2.42. The van der Waals surface area contributed by atoms with Gasteiger partial charge in [0, 0.05) is 53.8 Å². The maximum absolute atomic E-state index is 16.1. The molecule has 1 heterocycles. The zero-order valence-electron chi connectivity index (χ0n) is 75.6. The van der Waals surface area contributed by atoms with Crippen LogP contribution in [0.15, 0.2) is 82.3 Å². The van der Waals surface area contributed by atoms with Gasteiger partial charge in [-0.05, 0) is 161 Å². The molecule has 10 unspecified atom stereocenters. The summed E-state index contributed by atoms with van der Waals surface area (Å²) < 4.78 is -0.557. The summed E-state index contributed by atoms with van der Waals surface area (Å²) in [6.07, 6.45) is 37.1. The molecule has 0 aliphatic heterocycles. The summed E-state index contributed by atoms with van der Waals surface area (Å²) in [5.41, 5.74) is 12.7. The summed E-state index contributed by atoms with van der Waals surface area (Å²) in [5, 5.41) is 31.3. The number of hydrazone groups is 2. The van der Waals surface area contributed by atoms with Crippen molar-refractivity contribution in [1.29, 1.82) is 10.8 Å². The first-order valence-corrected chi connectivity index (χ1v) is 47.1. The minimum absolute atomic E-state index is 0.00105. The van der Waals surface area contributed by atoms with E-state index in [1.807, 2.05) is 42.5 Å². The van der Waals surface area contributed by atoms with Gasteiger partial charge in [-0.1, -0.05) is 307 Å². The topological polar surface area (TPSA) is 204 Å². The predicted molar refractivity (Wildman–Crippen MR) is 493 cm³/mol. The maximum Gasteiger partial charge on any atom is 0.256 e. The lowest BCUT2D eigenvalue weighted by Gasteiger charge is -2.36. The summed E-state index contributed by atoms with van der Waals surface area (Å²) in [5.74, 6) is -0.564. The minimum atomic E-state index is -0.682. The molecule has 638 valence electrons. The number of unbranched alkanes of at least 4 members (excludes halogenated alkanes) is 8. The van der Waals surface area contributed by atoms with E-state index >= 15 is 19.2 Å². The van der Waals surface area contributed by atoms with Gasteiger partial charge in [-0.3, -0.25) is 30.0 Å². The summed E-state index contributed by atoms with van der Waals surface area (Å²) in [4.78, 5) is 82.8. The fraction of sp³-hybridized carbons (Fsp3) is 0.711. The fourth-order valence-corrected chi connectivity index (χ4v) is 17.6. The number of nitrogens with zero attached hydrogens (tertiary/aromatic N) is 8. The van der Waals surface area contributed by atoms with Crippen LogP contribution >= 0.6 is 22.6 Å². The molecule has 0 fully saturated rings. The third kappa shape index (κ3) is 27.5. The van der Waals surface area contributed by atoms with E-state index in [-0.39, 0.29) is 59.2 Å². The van der Waals surface area contributed by atoms with Gasteiger partial charge in [-0.2, -0.15) is 10.2 Å². The number of nitrogens with one attached hydrogen (secondary N) is 4. The van der Waals surface area contributed by atoms with Crippen LogP contribution in [0.2, 0.25) is 0 Å². The predicted octanol–water partition coefficient (Wildman–Crippen LogP) is 26.3. The third-order valence-corrected chi connectivity index (χ3v) is 25.5. The van der Waals surface area contributed by atoms with Crippen molar-refractivity contribution in [2.24, 2.45) is 39.3 Å². The van der Waals surface area contributed by atoms with Crippen LogP contribution in [0.4, 0.5) is 11.4 Å². The number of anilines is 2. The highest BCUT2D eigenvalue weighted by molar-refractivity contribution is 14.1. The average Bonchev–Trinajstić information content (AvgIpc) is 1.28. The van der Waals surface area contributed by atoms with Gasteiger partial charge in [0.15, 0.2) is 0 Å². The summed E-state index contributed by atoms with van der Waals surface area (Å²) in [7, 11) is 0. The van der Waals surface area contributed by atoms with Crippen molar-refractivity contribution in [2.75, 3.05) is 37.0 Å². The number of halogens is 1. The molecular formula is C97H159IN12O4. The van der Waals surface area contributed by atoms with Gasteiger partial charge in [0.05, 0.1) is 68.3 Å². The van der Waals surface area contributed by atoms with E-state index in [2.05, 4.69) is 211 Å². The van der Waals surface area contributed by atoms with Crippen LogP contribution < -0.4 is 10.9 Å². The average molecular weight is 1680 g/mol. The van der Waals surface area contributed by atoms with E-state index in [4.69, 9.17) is 20.2 Å². The van der Waals surface area contributed by atoms with Crippen molar-refractivity contribution in [3.63, 3.8) is 0 Å². The molecule has 0 spiro atoms. The van der Waals surface area contributed by atoms with E-state index in [1.165, 1.54) is 6.33 Å². The molecule has 3 aromatic rings. The summed E-state index contributed by atoms with van der Waals surface area (Å²) in [6.45, 7) is 48.5. The highest BCUT2D eigenvalue weighted by Crippen LogP contribution is 2.43. The second kappa shape index (κ2) is 50.6. The quantitative estimate of drug-likeness (QED) is 0.0243. The van der Waals surface area contributed by atoms with Crippen LogP contribution in [-0.2, 0) is 0 Å². The van der Waals surface area contributed by atoms with Gasteiger partial charge in [0.25, 0.3) is 23.6 Å². The number of allylic oxidation sites excluding steroid dienone is 4. The molecule has 2 aliphatic carbocycles. The normalized spacial score (nSPS) is 17.5. The van der Waals surface area contributed by atoms with Crippen molar-refractivity contribution in [1.82, 2.24) is 29.6 Å². The molecule has 0 saturated heterocycles. The van der Waals surface area contributed by atoms with Crippen molar-refractivity contribution in [3.8, 4) is 0 Å². The van der Waals surface area contributed by atoms with Gasteiger partial charge in [0.2, 0.25) is 0 Å². The molecule has 114 heavy (non-hydrogen) atoms. The molecule has 16 nitrogen and oxygen atoms in total. The van der Waals surface area contributed by atoms with Gasteiger partial charge < -0.3 is 30.4 Å². The molecule has 2 aliphatic rings. The Hall–Kier alpha value is -6.11. The Morgan fingerprint density at radius 3 is 0.895 bits per heavy atom. The van der Waals surface area contributed by atoms with Crippen LogP contribution in [0.1, 0.15) is 416 Å². The number of hydrogen-bond donors (Lipinski definition) is 4. The van der Waals surface area contributed by atoms with Crippen LogP contribution in [0.25, 0.3) is 0 Å². The summed E-state index contributed by atoms with van der Waals surface area (Å²) in [6, 6.07) is 13.2. The molecular weight excluding hydrogens is 1520 g/mol. The Labute approximate surface area is 707 Å². The highest BCUT2D eigenvalue weighted by atomic mass is 127. The van der Waals surface area contributed by atoms with Gasteiger partial charge in [0.1, 0.15) is 17.8 Å². The molecule has 4 N–H and O–H groups in total. The smallest absolute Gasteiger partial charge is 0.256 e. The number of carbonyl (C=O) groups is 4. The number of hydrogen-bond acceptors (Lipinski definition) is 12. The number of benzene rings is 2. The van der Waals surface area contributed by atoms with Crippen molar-refractivity contribution >= 4 is 80.4 Å². The zero-order valence-corrected chi connectivity index (χ0v) is 77.7. The fourth-order valence-electron chi connectivity index (χ4n) is 17.1. The van der Waals surface area contributed by atoms with Gasteiger partial charge in [-0.25, -0.2) is 9.97 Å². The standard InChI is InChI=1S/C97H159IN12O4/c1-22-38-48-68(30-9)63-107(72(34-13)52-42-26-5)92(111)76-56-46-57-77(93(112)108(73(35-14)53-43-27-6)64-69(31-10)49-39-23-2)88(76)103-105-90-82(96(17,18)19)60-80(86(90)99)84-62-85(102-67-101-84)81-61-83(97(20,21)98)91(87(81)100)106-104-89-78(94(113)109(74(36-15)54-44-28-7)65-70(32-11)50-40-24-3)58-47-59-79(89)95(114)110(75(37-16)55-45-29-8)66-71(33-12)51-41-25-4/h46-47,56-62,67-75,80-81,99-100,103-104H,22-45,48-55,63-66H2,1-21H3. The number of carbonyl (C=O) groups excluding carboxylic acids is 4. The molecule has 5 rings (SSSR count). The van der Waals surface area contributed by atoms with E-state index in [0.717, 1.165) is 217 Å². The molecule has 0 bridgehead atoms. The Morgan fingerprint density at radius 2 is 0.658 bits per heavy atom. The van der Waals surface area contributed by atoms with E-state index < -0.39 is 20.7 Å².